The Morgan fingerprint density at radius 1 is 1.24 bits per heavy atom. The van der Waals surface area contributed by atoms with Crippen molar-refractivity contribution in [2.75, 3.05) is 10.6 Å². The molecule has 0 spiro atoms. The van der Waals surface area contributed by atoms with Crippen molar-refractivity contribution in [2.45, 2.75) is 33.6 Å². The van der Waals surface area contributed by atoms with Gasteiger partial charge in [0, 0.05) is 16.6 Å². The van der Waals surface area contributed by atoms with Crippen molar-refractivity contribution in [1.82, 2.24) is 0 Å². The lowest BCUT2D eigenvalue weighted by Crippen LogP contribution is -2.13. The molecule has 0 saturated carbocycles. The molecule has 0 unspecified atom stereocenters. The quantitative estimate of drug-likeness (QED) is 0.788. The van der Waals surface area contributed by atoms with Gasteiger partial charge < -0.3 is 9.73 Å². The Morgan fingerprint density at radius 3 is 2.62 bits per heavy atom. The first-order chi connectivity index (χ1) is 10.0. The molecule has 2 aromatic rings. The van der Waals surface area contributed by atoms with Gasteiger partial charge in [-0.1, -0.05) is 28.1 Å². The van der Waals surface area contributed by atoms with Crippen LogP contribution in [0, 0.1) is 20.8 Å². The Bertz CT molecular complexity index is 646. The van der Waals surface area contributed by atoms with E-state index in [1.54, 1.807) is 0 Å². The second-order valence-corrected chi connectivity index (χ2v) is 5.95. The minimum Gasteiger partial charge on any atom is -0.466 e. The number of halogens is 1. The van der Waals surface area contributed by atoms with Crippen LogP contribution in [0.25, 0.3) is 0 Å². The number of furan rings is 1. The lowest BCUT2D eigenvalue weighted by atomic mass is 10.1. The highest BCUT2D eigenvalue weighted by molar-refractivity contribution is 9.09. The molecule has 1 amide bonds. The van der Waals surface area contributed by atoms with Gasteiger partial charge in [0.05, 0.1) is 5.56 Å². The van der Waals surface area contributed by atoms with Gasteiger partial charge in [-0.15, -0.1) is 0 Å². The van der Waals surface area contributed by atoms with E-state index in [9.17, 15) is 4.79 Å². The van der Waals surface area contributed by atoms with Crippen LogP contribution in [0.5, 0.6) is 0 Å². The monoisotopic (exact) mass is 349 g/mol. The average molecular weight is 350 g/mol. The van der Waals surface area contributed by atoms with E-state index in [1.165, 1.54) is 5.56 Å². The number of amides is 1. The maximum Gasteiger partial charge on any atom is 0.259 e. The van der Waals surface area contributed by atoms with Crippen molar-refractivity contribution < 1.29 is 9.21 Å². The first-order valence-electron chi connectivity index (χ1n) is 7.05. The number of benzene rings is 1. The molecule has 0 atom stereocenters. The largest absolute Gasteiger partial charge is 0.466 e. The molecule has 0 bridgehead atoms. The standard InChI is InChI=1S/C17H20BrNO2/c1-11-12(2)21-13(3)16(11)17(20)19-15-8-4-6-14(10-15)7-5-9-18/h4,6,8,10H,5,7,9H2,1-3H3,(H,19,20). The number of hydrogen-bond donors (Lipinski definition) is 1. The number of aryl methyl sites for hydroxylation is 3. The summed E-state index contributed by atoms with van der Waals surface area (Å²) in [5, 5.41) is 3.94. The first-order valence-corrected chi connectivity index (χ1v) is 8.18. The molecule has 0 radical (unpaired) electrons. The van der Waals surface area contributed by atoms with Crippen LogP contribution < -0.4 is 5.32 Å². The van der Waals surface area contributed by atoms with E-state index in [0.717, 1.165) is 35.2 Å². The molecular formula is C17H20BrNO2. The lowest BCUT2D eigenvalue weighted by Gasteiger charge is -2.07. The van der Waals surface area contributed by atoms with E-state index in [-0.39, 0.29) is 5.91 Å². The predicted octanol–water partition coefficient (Wildman–Crippen LogP) is 4.78. The van der Waals surface area contributed by atoms with Crippen molar-refractivity contribution in [3.63, 3.8) is 0 Å². The molecule has 0 saturated heterocycles. The highest BCUT2D eigenvalue weighted by atomic mass is 79.9. The maximum atomic E-state index is 12.4. The Balaban J connectivity index is 2.16. The molecule has 0 fully saturated rings. The third-order valence-electron chi connectivity index (χ3n) is 3.57. The SMILES string of the molecule is Cc1oc(C)c(C(=O)Nc2cccc(CCCBr)c2)c1C. The van der Waals surface area contributed by atoms with Crippen molar-refractivity contribution in [1.29, 1.82) is 0 Å². The predicted molar refractivity (Wildman–Crippen MR) is 89.4 cm³/mol. The van der Waals surface area contributed by atoms with Crippen LogP contribution in [0.4, 0.5) is 5.69 Å². The van der Waals surface area contributed by atoms with E-state index in [2.05, 4.69) is 27.3 Å². The van der Waals surface area contributed by atoms with Crippen molar-refractivity contribution in [3.8, 4) is 0 Å². The Kier molecular flexibility index (Phi) is 5.23. The fourth-order valence-electron chi connectivity index (χ4n) is 2.40. The van der Waals surface area contributed by atoms with Crippen LogP contribution in [0.2, 0.25) is 0 Å². The van der Waals surface area contributed by atoms with E-state index in [0.29, 0.717) is 11.3 Å². The Hall–Kier alpha value is -1.55. The van der Waals surface area contributed by atoms with Crippen molar-refractivity contribution >= 4 is 27.5 Å². The normalized spacial score (nSPS) is 10.7. The molecular weight excluding hydrogens is 330 g/mol. The molecule has 0 aliphatic carbocycles. The summed E-state index contributed by atoms with van der Waals surface area (Å²) in [7, 11) is 0. The summed E-state index contributed by atoms with van der Waals surface area (Å²) in [5.41, 5.74) is 3.59. The van der Waals surface area contributed by atoms with Crippen LogP contribution in [-0.4, -0.2) is 11.2 Å². The molecule has 2 rings (SSSR count). The Morgan fingerprint density at radius 2 is 2.00 bits per heavy atom. The lowest BCUT2D eigenvalue weighted by molar-refractivity contribution is 0.102. The summed E-state index contributed by atoms with van der Waals surface area (Å²) in [5.74, 6) is 1.35. The van der Waals surface area contributed by atoms with Crippen LogP contribution in [0.15, 0.2) is 28.7 Å². The fourth-order valence-corrected chi connectivity index (χ4v) is 2.68. The van der Waals surface area contributed by atoms with Crippen molar-refractivity contribution in [3.05, 3.63) is 52.5 Å². The molecule has 1 aromatic carbocycles. The Labute approximate surface area is 133 Å². The molecule has 4 heteroatoms. The van der Waals surface area contributed by atoms with Gasteiger partial charge in [0.25, 0.3) is 5.91 Å². The minimum atomic E-state index is -0.112. The summed E-state index contributed by atoms with van der Waals surface area (Å²) in [6.45, 7) is 5.61. The molecule has 0 aliphatic rings. The first kappa shape index (κ1) is 15.8. The summed E-state index contributed by atoms with van der Waals surface area (Å²) >= 11 is 3.43. The zero-order valence-corrected chi connectivity index (χ0v) is 14.2. The number of alkyl halides is 1. The van der Waals surface area contributed by atoms with E-state index >= 15 is 0 Å². The summed E-state index contributed by atoms with van der Waals surface area (Å²) in [6.07, 6.45) is 2.08. The molecule has 112 valence electrons. The number of nitrogens with one attached hydrogen (secondary N) is 1. The molecule has 3 nitrogen and oxygen atoms in total. The fraction of sp³-hybridized carbons (Fsp3) is 0.353. The van der Waals surface area contributed by atoms with Gasteiger partial charge in [-0.3, -0.25) is 4.79 Å². The second kappa shape index (κ2) is 6.94. The highest BCUT2D eigenvalue weighted by Crippen LogP contribution is 2.22. The summed E-state index contributed by atoms with van der Waals surface area (Å²) < 4.78 is 5.51. The molecule has 1 heterocycles. The minimum absolute atomic E-state index is 0.112. The molecule has 0 aliphatic heterocycles. The van der Waals surface area contributed by atoms with Crippen molar-refractivity contribution in [2.24, 2.45) is 0 Å². The van der Waals surface area contributed by atoms with Gasteiger partial charge >= 0.3 is 0 Å². The van der Waals surface area contributed by atoms with E-state index in [1.807, 2.05) is 39.0 Å². The van der Waals surface area contributed by atoms with Crippen LogP contribution in [0.1, 0.15) is 39.4 Å². The number of anilines is 1. The third-order valence-corrected chi connectivity index (χ3v) is 4.13. The topological polar surface area (TPSA) is 42.2 Å². The smallest absolute Gasteiger partial charge is 0.259 e. The summed E-state index contributed by atoms with van der Waals surface area (Å²) in [4.78, 5) is 12.4. The highest BCUT2D eigenvalue weighted by Gasteiger charge is 2.18. The number of carbonyl (C=O) groups excluding carboxylic acids is 1. The zero-order chi connectivity index (χ0) is 15.4. The van der Waals surface area contributed by atoms with Crippen LogP contribution in [0.3, 0.4) is 0 Å². The van der Waals surface area contributed by atoms with Gasteiger partial charge in [0.15, 0.2) is 0 Å². The van der Waals surface area contributed by atoms with Gasteiger partial charge in [-0.25, -0.2) is 0 Å². The molecule has 1 N–H and O–H groups in total. The van der Waals surface area contributed by atoms with Crippen LogP contribution in [-0.2, 0) is 6.42 Å². The van der Waals surface area contributed by atoms with E-state index in [4.69, 9.17) is 4.42 Å². The van der Waals surface area contributed by atoms with Gasteiger partial charge in [-0.05, 0) is 51.3 Å². The second-order valence-electron chi connectivity index (χ2n) is 5.16. The summed E-state index contributed by atoms with van der Waals surface area (Å²) in [6, 6.07) is 7.99. The molecule has 21 heavy (non-hydrogen) atoms. The molecule has 1 aromatic heterocycles. The average Bonchev–Trinajstić information content (AvgIpc) is 2.70. The maximum absolute atomic E-state index is 12.4. The zero-order valence-electron chi connectivity index (χ0n) is 12.6. The van der Waals surface area contributed by atoms with E-state index < -0.39 is 0 Å². The van der Waals surface area contributed by atoms with Gasteiger partial charge in [-0.2, -0.15) is 0 Å². The third kappa shape index (κ3) is 3.76. The number of carbonyl (C=O) groups is 1. The number of rotatable bonds is 5. The van der Waals surface area contributed by atoms with Crippen LogP contribution >= 0.6 is 15.9 Å². The van der Waals surface area contributed by atoms with Gasteiger partial charge in [0.2, 0.25) is 0 Å². The van der Waals surface area contributed by atoms with Gasteiger partial charge in [0.1, 0.15) is 11.5 Å². The number of hydrogen-bond acceptors (Lipinski definition) is 2.